The van der Waals surface area contributed by atoms with Gasteiger partial charge in [-0.3, -0.25) is 32.5 Å². The van der Waals surface area contributed by atoms with Gasteiger partial charge in [0.2, 0.25) is 11.8 Å². The molecule has 2 aromatic rings. The van der Waals surface area contributed by atoms with E-state index in [4.69, 9.17) is 19.5 Å². The highest BCUT2D eigenvalue weighted by Gasteiger charge is 2.50. The maximum absolute atomic E-state index is 12.7. The number of anilines is 1. The molecule has 2 aromatic heterocycles. The van der Waals surface area contributed by atoms with Crippen LogP contribution in [0.1, 0.15) is 71.9 Å². The van der Waals surface area contributed by atoms with E-state index in [1.807, 2.05) is 0 Å². The van der Waals surface area contributed by atoms with Crippen LogP contribution in [0.5, 0.6) is 0 Å². The van der Waals surface area contributed by atoms with E-state index in [-0.39, 0.29) is 53.8 Å². The lowest BCUT2D eigenvalue weighted by Gasteiger charge is -2.30. The number of amides is 2. The standard InChI is InChI=1S/C30H52N7O18P3S/c1-4-5-6-7-8-18(38)13-21(40)59-12-11-32-20(39)9-10-33-28(43)25(42)30(2,3)15-52-58(49,50)55-57(47,48)51-14-19-24(54-56(44,45)46)23(41)29(53-19)37-17-36-22-26(31)34-16-35-27(22)37/h16-19,23-25,29,38,41-42H,4-15H2,1-3H3,(H,32,39)(H,33,43)(H,47,48)(H,49,50)(H2,31,34,35)(H2,44,45,46)/t18?,19-,23-,24-,25+,29-/m1/s1. The monoisotopic (exact) mass is 923 g/mol. The van der Waals surface area contributed by atoms with Gasteiger partial charge in [0.15, 0.2) is 22.8 Å². The van der Waals surface area contributed by atoms with Gasteiger partial charge in [0.05, 0.1) is 25.6 Å². The Morgan fingerprint density at radius 2 is 1.71 bits per heavy atom. The minimum absolute atomic E-state index is 0.0205. The molecule has 1 aliphatic rings. The Balaban J connectivity index is 1.43. The van der Waals surface area contributed by atoms with Gasteiger partial charge < -0.3 is 56.0 Å². The second kappa shape index (κ2) is 22.6. The van der Waals surface area contributed by atoms with Crippen LogP contribution < -0.4 is 16.4 Å². The zero-order valence-electron chi connectivity index (χ0n) is 32.3. The largest absolute Gasteiger partial charge is 0.481 e. The van der Waals surface area contributed by atoms with Crippen molar-refractivity contribution in [3.63, 3.8) is 0 Å². The summed E-state index contributed by atoms with van der Waals surface area (Å²) in [6.45, 7) is 2.47. The third-order valence-electron chi connectivity index (χ3n) is 8.56. The maximum atomic E-state index is 12.7. The topological polar surface area (TPSA) is 384 Å². The summed E-state index contributed by atoms with van der Waals surface area (Å²) >= 11 is 0.982. The van der Waals surface area contributed by atoms with Crippen molar-refractivity contribution in [1.29, 1.82) is 0 Å². The van der Waals surface area contributed by atoms with Crippen molar-refractivity contribution in [1.82, 2.24) is 30.2 Å². The number of thioether (sulfide) groups is 1. The average Bonchev–Trinajstić information content (AvgIpc) is 3.70. The van der Waals surface area contributed by atoms with Gasteiger partial charge in [-0.25, -0.2) is 28.6 Å². The van der Waals surface area contributed by atoms with Gasteiger partial charge in [-0.1, -0.05) is 58.2 Å². The summed E-state index contributed by atoms with van der Waals surface area (Å²) < 4.78 is 62.2. The van der Waals surface area contributed by atoms with Crippen LogP contribution >= 0.6 is 35.2 Å². The molecule has 8 atom stereocenters. The number of nitrogens with two attached hydrogens (primary N) is 1. The van der Waals surface area contributed by atoms with Crippen LogP contribution in [0.4, 0.5) is 5.82 Å². The number of aliphatic hydroxyl groups excluding tert-OH is 3. The zero-order valence-corrected chi connectivity index (χ0v) is 35.8. The Labute approximate surface area is 342 Å². The smallest absolute Gasteiger partial charge is 0.393 e. The highest BCUT2D eigenvalue weighted by atomic mass is 32.2. The number of phosphoric ester groups is 3. The molecule has 2 amide bonds. The molecule has 0 radical (unpaired) electrons. The van der Waals surface area contributed by atoms with E-state index in [0.717, 1.165) is 54.7 Å². The lowest BCUT2D eigenvalue weighted by molar-refractivity contribution is -0.137. The summed E-state index contributed by atoms with van der Waals surface area (Å²) in [5.74, 6) is -1.23. The first-order valence-electron chi connectivity index (χ1n) is 18.2. The highest BCUT2D eigenvalue weighted by Crippen LogP contribution is 2.61. The number of imidazole rings is 1. The number of unbranched alkanes of at least 4 members (excludes halogenated alkanes) is 3. The molecule has 25 nitrogen and oxygen atoms in total. The molecule has 59 heavy (non-hydrogen) atoms. The molecule has 3 rings (SSSR count). The number of hydrogen-bond acceptors (Lipinski definition) is 19. The number of aliphatic hydroxyl groups is 3. The van der Waals surface area contributed by atoms with Crippen LogP contribution in [0.25, 0.3) is 11.2 Å². The number of nitrogens with zero attached hydrogens (tertiary/aromatic N) is 4. The summed E-state index contributed by atoms with van der Waals surface area (Å²) in [7, 11) is -16.4. The summed E-state index contributed by atoms with van der Waals surface area (Å²) in [5.41, 5.74) is 4.24. The molecule has 11 N–H and O–H groups in total. The Morgan fingerprint density at radius 3 is 2.39 bits per heavy atom. The first-order chi connectivity index (χ1) is 27.4. The Hall–Kier alpha value is -2.48. The molecule has 0 bridgehead atoms. The lowest BCUT2D eigenvalue weighted by Crippen LogP contribution is -2.46. The first kappa shape index (κ1) is 50.9. The minimum atomic E-state index is -5.58. The van der Waals surface area contributed by atoms with Crippen molar-refractivity contribution in [2.45, 2.75) is 102 Å². The first-order valence-corrected chi connectivity index (χ1v) is 23.7. The molecule has 1 saturated heterocycles. The molecule has 336 valence electrons. The van der Waals surface area contributed by atoms with Gasteiger partial charge in [0.25, 0.3) is 0 Å². The summed E-state index contributed by atoms with van der Waals surface area (Å²) in [6, 6.07) is 0. The molecule has 3 heterocycles. The Morgan fingerprint density at radius 1 is 1.02 bits per heavy atom. The van der Waals surface area contributed by atoms with Gasteiger partial charge in [-0.2, -0.15) is 4.31 Å². The fourth-order valence-corrected chi connectivity index (χ4v) is 9.03. The third kappa shape index (κ3) is 16.7. The summed E-state index contributed by atoms with van der Waals surface area (Å²) in [5, 5.41) is 36.2. The minimum Gasteiger partial charge on any atom is -0.393 e. The van der Waals surface area contributed by atoms with Crippen LogP contribution in [0.2, 0.25) is 0 Å². The van der Waals surface area contributed by atoms with E-state index in [1.165, 1.54) is 13.8 Å². The van der Waals surface area contributed by atoms with Gasteiger partial charge in [0.1, 0.15) is 36.3 Å². The molecule has 1 aliphatic heterocycles. The second-order valence-corrected chi connectivity index (χ2v) is 19.4. The van der Waals surface area contributed by atoms with Crippen molar-refractivity contribution < 1.29 is 85.6 Å². The number of hydrogen-bond donors (Lipinski definition) is 10. The van der Waals surface area contributed by atoms with Crippen LogP contribution in [-0.2, 0) is 50.7 Å². The molecule has 3 unspecified atom stereocenters. The molecule has 29 heteroatoms. The number of carbonyl (C=O) groups excluding carboxylic acids is 3. The van der Waals surface area contributed by atoms with Crippen molar-refractivity contribution in [3.8, 4) is 0 Å². The van der Waals surface area contributed by atoms with E-state index in [9.17, 15) is 63.0 Å². The van der Waals surface area contributed by atoms with Crippen LogP contribution in [0.3, 0.4) is 0 Å². The molecule has 0 aliphatic carbocycles. The molecule has 1 fully saturated rings. The van der Waals surface area contributed by atoms with Crippen molar-refractivity contribution in [2.24, 2.45) is 5.41 Å². The number of carbonyl (C=O) groups is 3. The van der Waals surface area contributed by atoms with Crippen LogP contribution in [0.15, 0.2) is 12.7 Å². The SMILES string of the molecule is CCCCCCC(O)CC(=O)SCCNC(=O)CCNC(=O)[C@H](O)C(C)(C)COP(=O)(O)OP(=O)(O)OC[C@H]1O[C@@H](n2cnc3c(N)ncnc32)[C@H](O)[C@@H]1OP(=O)(O)O. The second-order valence-electron chi connectivity index (χ2n) is 14.0. The van der Waals surface area contributed by atoms with Gasteiger partial charge >= 0.3 is 23.5 Å². The Kier molecular flexibility index (Phi) is 19.5. The predicted molar refractivity (Wildman–Crippen MR) is 206 cm³/mol. The maximum Gasteiger partial charge on any atom is 0.481 e. The van der Waals surface area contributed by atoms with E-state index < -0.39 is 90.7 Å². The highest BCUT2D eigenvalue weighted by molar-refractivity contribution is 8.13. The summed E-state index contributed by atoms with van der Waals surface area (Å²) in [6.07, 6.45) is -3.15. The van der Waals surface area contributed by atoms with Crippen LogP contribution in [-0.4, -0.2) is 134 Å². The van der Waals surface area contributed by atoms with E-state index >= 15 is 0 Å². The number of phosphoric acid groups is 3. The lowest BCUT2D eigenvalue weighted by atomic mass is 9.87. The normalized spacial score (nSPS) is 21.7. The Bertz CT molecular complexity index is 1870. The number of rotatable bonds is 26. The van der Waals surface area contributed by atoms with Gasteiger partial charge in [-0.05, 0) is 6.42 Å². The van der Waals surface area contributed by atoms with Crippen LogP contribution in [0, 0.1) is 5.41 Å². The van der Waals surface area contributed by atoms with E-state index in [2.05, 4.69) is 41.3 Å². The van der Waals surface area contributed by atoms with E-state index in [0.29, 0.717) is 6.42 Å². The summed E-state index contributed by atoms with van der Waals surface area (Å²) in [4.78, 5) is 87.8. The third-order valence-corrected chi connectivity index (χ3v) is 12.6. The molecule has 0 aromatic carbocycles. The molecule has 0 spiro atoms. The average molecular weight is 924 g/mol. The van der Waals surface area contributed by atoms with Crippen molar-refractivity contribution in [2.75, 3.05) is 37.8 Å². The number of ether oxygens (including phenoxy) is 1. The predicted octanol–water partition coefficient (Wildman–Crippen LogP) is 0.386. The molecular weight excluding hydrogens is 871 g/mol. The van der Waals surface area contributed by atoms with Gasteiger partial charge in [0, 0.05) is 37.1 Å². The number of nitrogen functional groups attached to an aromatic ring is 1. The molecular formula is C30H52N7O18P3S. The van der Waals surface area contributed by atoms with Crippen molar-refractivity contribution in [3.05, 3.63) is 12.7 Å². The number of aromatic nitrogens is 4. The molecule has 0 saturated carbocycles. The number of fused-ring (bicyclic) bond motifs is 1. The fraction of sp³-hybridized carbons (Fsp3) is 0.733. The fourth-order valence-electron chi connectivity index (χ4n) is 5.46. The van der Waals surface area contributed by atoms with E-state index in [1.54, 1.807) is 0 Å². The zero-order chi connectivity index (χ0) is 44.2. The van der Waals surface area contributed by atoms with Crippen molar-refractivity contribution >= 4 is 69.1 Å². The quantitative estimate of drug-likeness (QED) is 0.0450. The number of nitrogens with one attached hydrogen (secondary N) is 2. The van der Waals surface area contributed by atoms with Gasteiger partial charge in [-0.15, -0.1) is 0 Å².